The molecule has 4 nitrogen and oxygen atoms in total. The van der Waals surface area contributed by atoms with E-state index in [0.717, 1.165) is 43.7 Å². The molecular weight excluding hydrogens is 250 g/mol. The maximum Gasteiger partial charge on any atom is 0.226 e. The Balaban J connectivity index is 1.87. The quantitative estimate of drug-likeness (QED) is 0.852. The van der Waals surface area contributed by atoms with Crippen molar-refractivity contribution in [1.82, 2.24) is 9.80 Å². The number of piperidine rings is 1. The average Bonchev–Trinajstić information content (AvgIpc) is 2.49. The van der Waals surface area contributed by atoms with Crippen molar-refractivity contribution in [3.05, 3.63) is 29.8 Å². The van der Waals surface area contributed by atoms with Crippen molar-refractivity contribution in [1.29, 1.82) is 0 Å². The molecule has 2 rings (SSSR count). The van der Waals surface area contributed by atoms with E-state index >= 15 is 0 Å². The van der Waals surface area contributed by atoms with Gasteiger partial charge in [-0.3, -0.25) is 4.79 Å². The Morgan fingerprint density at radius 3 is 2.45 bits per heavy atom. The van der Waals surface area contributed by atoms with Crippen molar-refractivity contribution in [2.75, 3.05) is 32.4 Å². The van der Waals surface area contributed by atoms with Gasteiger partial charge in [-0.2, -0.15) is 0 Å². The number of anilines is 1. The average molecular weight is 275 g/mol. The monoisotopic (exact) mass is 275 g/mol. The first-order chi connectivity index (χ1) is 9.60. The van der Waals surface area contributed by atoms with Crippen LogP contribution in [0.2, 0.25) is 0 Å². The number of nitrogens with zero attached hydrogens (tertiary/aromatic N) is 2. The molecule has 1 saturated heterocycles. The number of carbonyl (C=O) groups is 1. The molecule has 1 heterocycles. The third kappa shape index (κ3) is 3.73. The number of nitrogen functional groups attached to an aromatic ring is 1. The van der Waals surface area contributed by atoms with Crippen LogP contribution in [0.15, 0.2) is 24.3 Å². The van der Waals surface area contributed by atoms with Gasteiger partial charge in [-0.15, -0.1) is 0 Å². The highest BCUT2D eigenvalue weighted by molar-refractivity contribution is 5.79. The lowest BCUT2D eigenvalue weighted by molar-refractivity contribution is -0.132. The molecule has 2 N–H and O–H groups in total. The molecule has 0 saturated carbocycles. The van der Waals surface area contributed by atoms with Gasteiger partial charge in [-0.1, -0.05) is 19.1 Å². The van der Waals surface area contributed by atoms with Crippen molar-refractivity contribution in [3.63, 3.8) is 0 Å². The van der Waals surface area contributed by atoms with E-state index in [-0.39, 0.29) is 5.91 Å². The van der Waals surface area contributed by atoms with Crippen molar-refractivity contribution in [2.24, 2.45) is 0 Å². The summed E-state index contributed by atoms with van der Waals surface area (Å²) < 4.78 is 0. The van der Waals surface area contributed by atoms with Crippen LogP contribution in [-0.2, 0) is 11.2 Å². The minimum atomic E-state index is 0.199. The van der Waals surface area contributed by atoms with Crippen LogP contribution < -0.4 is 5.73 Å². The lowest BCUT2D eigenvalue weighted by Gasteiger charge is -2.36. The van der Waals surface area contributed by atoms with Crippen molar-refractivity contribution in [2.45, 2.75) is 32.2 Å². The first kappa shape index (κ1) is 14.9. The maximum atomic E-state index is 12.3. The molecule has 4 heteroatoms. The molecule has 0 atom stereocenters. The Morgan fingerprint density at radius 1 is 1.30 bits per heavy atom. The van der Waals surface area contributed by atoms with Gasteiger partial charge in [0.05, 0.1) is 6.42 Å². The number of benzene rings is 1. The minimum absolute atomic E-state index is 0.199. The molecule has 1 amide bonds. The van der Waals surface area contributed by atoms with Crippen LogP contribution in [0.5, 0.6) is 0 Å². The van der Waals surface area contributed by atoms with E-state index in [9.17, 15) is 4.79 Å². The molecule has 1 aliphatic rings. The molecule has 0 bridgehead atoms. The second-order valence-corrected chi connectivity index (χ2v) is 5.59. The van der Waals surface area contributed by atoms with Crippen LogP contribution >= 0.6 is 0 Å². The Hall–Kier alpha value is -1.55. The Bertz CT molecular complexity index is 436. The molecule has 0 spiro atoms. The minimum Gasteiger partial charge on any atom is -0.399 e. The molecule has 110 valence electrons. The number of nitrogens with two attached hydrogens (primary N) is 1. The smallest absolute Gasteiger partial charge is 0.226 e. The molecule has 1 aromatic carbocycles. The predicted molar refractivity (Wildman–Crippen MR) is 82.5 cm³/mol. The van der Waals surface area contributed by atoms with E-state index in [1.54, 1.807) is 0 Å². The number of hydrogen-bond donors (Lipinski definition) is 1. The van der Waals surface area contributed by atoms with Crippen molar-refractivity contribution < 1.29 is 4.79 Å². The van der Waals surface area contributed by atoms with E-state index in [0.29, 0.717) is 12.5 Å². The zero-order valence-corrected chi connectivity index (χ0v) is 12.5. The fraction of sp³-hybridized carbons (Fsp3) is 0.562. The highest BCUT2D eigenvalue weighted by Gasteiger charge is 2.24. The van der Waals surface area contributed by atoms with Crippen LogP contribution in [-0.4, -0.2) is 48.4 Å². The standard InChI is InChI=1S/C16H25N3O/c1-3-19-10-8-15(9-11-19)18(2)16(20)12-13-4-6-14(17)7-5-13/h4-7,15H,3,8-12,17H2,1-2H3. The van der Waals surface area contributed by atoms with Crippen LogP contribution in [0.25, 0.3) is 0 Å². The van der Waals surface area contributed by atoms with Gasteiger partial charge in [0.1, 0.15) is 0 Å². The van der Waals surface area contributed by atoms with Gasteiger partial charge in [0.15, 0.2) is 0 Å². The summed E-state index contributed by atoms with van der Waals surface area (Å²) in [5, 5.41) is 0. The molecule has 0 unspecified atom stereocenters. The van der Waals surface area contributed by atoms with Gasteiger partial charge >= 0.3 is 0 Å². The Morgan fingerprint density at radius 2 is 1.90 bits per heavy atom. The third-order valence-electron chi connectivity index (χ3n) is 4.28. The lowest BCUT2D eigenvalue weighted by Crippen LogP contribution is -2.45. The summed E-state index contributed by atoms with van der Waals surface area (Å²) in [6.07, 6.45) is 2.63. The zero-order chi connectivity index (χ0) is 14.5. The fourth-order valence-electron chi connectivity index (χ4n) is 2.76. The summed E-state index contributed by atoms with van der Waals surface area (Å²) in [7, 11) is 1.94. The number of carbonyl (C=O) groups excluding carboxylic acids is 1. The second kappa shape index (κ2) is 6.75. The highest BCUT2D eigenvalue weighted by Crippen LogP contribution is 2.16. The first-order valence-corrected chi connectivity index (χ1v) is 7.42. The molecule has 0 aliphatic carbocycles. The van der Waals surface area contributed by atoms with E-state index in [1.165, 1.54) is 0 Å². The molecule has 0 aromatic heterocycles. The molecule has 0 radical (unpaired) electrons. The number of likely N-dealkylation sites (N-methyl/N-ethyl adjacent to an activating group) is 1. The number of hydrogen-bond acceptors (Lipinski definition) is 3. The SMILES string of the molecule is CCN1CCC(N(C)C(=O)Cc2ccc(N)cc2)CC1. The molecule has 20 heavy (non-hydrogen) atoms. The van der Waals surface area contributed by atoms with Gasteiger partial charge in [0.25, 0.3) is 0 Å². The summed E-state index contributed by atoms with van der Waals surface area (Å²) in [6, 6.07) is 7.95. The molecule has 1 aromatic rings. The predicted octanol–water partition coefficient (Wildman–Crippen LogP) is 1.75. The van der Waals surface area contributed by atoms with Gasteiger partial charge in [-0.25, -0.2) is 0 Å². The zero-order valence-electron chi connectivity index (χ0n) is 12.5. The van der Waals surface area contributed by atoms with Gasteiger partial charge < -0.3 is 15.5 Å². The normalized spacial score (nSPS) is 17.1. The summed E-state index contributed by atoms with van der Waals surface area (Å²) >= 11 is 0. The van der Waals surface area contributed by atoms with Crippen LogP contribution in [0, 0.1) is 0 Å². The van der Waals surface area contributed by atoms with Gasteiger partial charge in [-0.05, 0) is 37.1 Å². The number of rotatable bonds is 4. The fourth-order valence-corrected chi connectivity index (χ4v) is 2.76. The highest BCUT2D eigenvalue weighted by atomic mass is 16.2. The van der Waals surface area contributed by atoms with Gasteiger partial charge in [0.2, 0.25) is 5.91 Å². The summed E-state index contributed by atoms with van der Waals surface area (Å²) in [5.41, 5.74) is 7.43. The van der Waals surface area contributed by atoms with Crippen LogP contribution in [0.3, 0.4) is 0 Å². The largest absolute Gasteiger partial charge is 0.399 e. The molecule has 1 fully saturated rings. The van der Waals surface area contributed by atoms with E-state index < -0.39 is 0 Å². The van der Waals surface area contributed by atoms with Crippen LogP contribution in [0.1, 0.15) is 25.3 Å². The number of amides is 1. The van der Waals surface area contributed by atoms with Crippen molar-refractivity contribution >= 4 is 11.6 Å². The number of likely N-dealkylation sites (tertiary alicyclic amines) is 1. The van der Waals surface area contributed by atoms with E-state index in [4.69, 9.17) is 5.73 Å². The lowest BCUT2D eigenvalue weighted by atomic mass is 10.0. The third-order valence-corrected chi connectivity index (χ3v) is 4.28. The summed E-state index contributed by atoms with van der Waals surface area (Å²) in [6.45, 7) is 5.49. The Labute approximate surface area is 121 Å². The Kier molecular flexibility index (Phi) is 5.01. The van der Waals surface area contributed by atoms with E-state index in [1.807, 2.05) is 36.2 Å². The topological polar surface area (TPSA) is 49.6 Å². The first-order valence-electron chi connectivity index (χ1n) is 7.42. The maximum absolute atomic E-state index is 12.3. The second-order valence-electron chi connectivity index (χ2n) is 5.59. The van der Waals surface area contributed by atoms with Gasteiger partial charge in [0, 0.05) is 31.9 Å². The summed E-state index contributed by atoms with van der Waals surface area (Å²) in [5.74, 6) is 0.199. The van der Waals surface area contributed by atoms with E-state index in [2.05, 4.69) is 11.8 Å². The molecule has 1 aliphatic heterocycles. The molecular formula is C16H25N3O. The van der Waals surface area contributed by atoms with Crippen LogP contribution in [0.4, 0.5) is 5.69 Å². The van der Waals surface area contributed by atoms with Crippen molar-refractivity contribution in [3.8, 4) is 0 Å². The summed E-state index contributed by atoms with van der Waals surface area (Å²) in [4.78, 5) is 16.7.